The lowest BCUT2D eigenvalue weighted by atomic mass is 9.76. The number of amides is 2. The third-order valence-corrected chi connectivity index (χ3v) is 5.04. The highest BCUT2D eigenvalue weighted by Gasteiger charge is 2.45. The van der Waals surface area contributed by atoms with Crippen molar-refractivity contribution in [3.05, 3.63) is 71.8 Å². The molecule has 5 heteroatoms. The van der Waals surface area contributed by atoms with Crippen LogP contribution in [0.3, 0.4) is 0 Å². The van der Waals surface area contributed by atoms with Crippen LogP contribution in [0.1, 0.15) is 36.9 Å². The van der Waals surface area contributed by atoms with Crippen LogP contribution in [0.4, 0.5) is 0 Å². The van der Waals surface area contributed by atoms with Crippen LogP contribution in [0.15, 0.2) is 60.7 Å². The molecule has 1 saturated heterocycles. The molecular formula is C21H25N3O2. The number of hydrogen-bond acceptors (Lipinski definition) is 3. The van der Waals surface area contributed by atoms with Crippen LogP contribution in [0.2, 0.25) is 0 Å². The van der Waals surface area contributed by atoms with Gasteiger partial charge in [0.1, 0.15) is 5.92 Å². The maximum Gasteiger partial charge on any atom is 0.247 e. The number of hydrogen-bond donors (Lipinski definition) is 2. The molecule has 136 valence electrons. The van der Waals surface area contributed by atoms with E-state index in [1.807, 2.05) is 74.5 Å². The van der Waals surface area contributed by atoms with E-state index < -0.39 is 5.92 Å². The zero-order valence-electron chi connectivity index (χ0n) is 15.2. The Bertz CT molecular complexity index is 744. The lowest BCUT2D eigenvalue weighted by Crippen LogP contribution is -2.57. The molecule has 1 aliphatic heterocycles. The first-order valence-electron chi connectivity index (χ1n) is 9.11. The molecule has 2 amide bonds. The zero-order valence-corrected chi connectivity index (χ0v) is 15.2. The van der Waals surface area contributed by atoms with E-state index in [4.69, 9.17) is 0 Å². The summed E-state index contributed by atoms with van der Waals surface area (Å²) in [6.07, 6.45) is 0. The first-order valence-corrected chi connectivity index (χ1v) is 9.11. The fourth-order valence-electron chi connectivity index (χ4n) is 3.68. The van der Waals surface area contributed by atoms with E-state index in [2.05, 4.69) is 10.9 Å². The molecule has 3 rings (SSSR count). The van der Waals surface area contributed by atoms with Crippen LogP contribution in [0, 0.1) is 5.92 Å². The molecule has 1 heterocycles. The first kappa shape index (κ1) is 18.1. The van der Waals surface area contributed by atoms with E-state index in [1.165, 1.54) is 0 Å². The molecule has 0 bridgehead atoms. The van der Waals surface area contributed by atoms with Gasteiger partial charge < -0.3 is 4.90 Å². The van der Waals surface area contributed by atoms with Crippen molar-refractivity contribution in [1.29, 1.82) is 0 Å². The normalized spacial score (nSPS) is 22.5. The summed E-state index contributed by atoms with van der Waals surface area (Å²) in [5.41, 5.74) is 7.87. The zero-order chi connectivity index (χ0) is 18.5. The lowest BCUT2D eigenvalue weighted by Gasteiger charge is -2.39. The summed E-state index contributed by atoms with van der Waals surface area (Å²) < 4.78 is 0. The minimum atomic E-state index is -0.760. The second-order valence-electron chi connectivity index (χ2n) is 6.45. The molecule has 1 aliphatic rings. The van der Waals surface area contributed by atoms with Gasteiger partial charge in [0, 0.05) is 19.0 Å². The van der Waals surface area contributed by atoms with E-state index in [-0.39, 0.29) is 23.8 Å². The summed E-state index contributed by atoms with van der Waals surface area (Å²) in [5, 5.41) is 0. The fourth-order valence-corrected chi connectivity index (χ4v) is 3.68. The second kappa shape index (κ2) is 8.15. The molecule has 0 radical (unpaired) electrons. The Balaban J connectivity index is 2.07. The molecule has 5 nitrogen and oxygen atoms in total. The van der Waals surface area contributed by atoms with E-state index >= 15 is 0 Å². The Morgan fingerprint density at radius 1 is 0.923 bits per heavy atom. The van der Waals surface area contributed by atoms with Crippen LogP contribution in [0.25, 0.3) is 0 Å². The summed E-state index contributed by atoms with van der Waals surface area (Å²) in [7, 11) is 0. The number of nitrogens with one attached hydrogen (secondary N) is 2. The van der Waals surface area contributed by atoms with Crippen LogP contribution in [-0.4, -0.2) is 29.8 Å². The smallest absolute Gasteiger partial charge is 0.247 e. The van der Waals surface area contributed by atoms with Crippen LogP contribution >= 0.6 is 0 Å². The maximum absolute atomic E-state index is 13.2. The van der Waals surface area contributed by atoms with Crippen molar-refractivity contribution in [3.8, 4) is 0 Å². The molecule has 0 aromatic heterocycles. The van der Waals surface area contributed by atoms with Gasteiger partial charge in [-0.15, -0.1) is 0 Å². The highest BCUT2D eigenvalue weighted by Crippen LogP contribution is 2.39. The van der Waals surface area contributed by atoms with Gasteiger partial charge in [-0.05, 0) is 25.0 Å². The third-order valence-electron chi connectivity index (χ3n) is 5.04. The van der Waals surface area contributed by atoms with Gasteiger partial charge in [0.2, 0.25) is 11.8 Å². The lowest BCUT2D eigenvalue weighted by molar-refractivity contribution is -0.146. The van der Waals surface area contributed by atoms with Crippen molar-refractivity contribution in [2.45, 2.75) is 25.8 Å². The molecular weight excluding hydrogens is 326 g/mol. The standard InChI is InChI=1S/C21H25N3O2/c1-3-24(4-2)21(26)18-17(15-11-7-5-8-12-15)19(22-23-20(18)25)16-13-9-6-10-14-16/h5-14,17-19,22H,3-4H2,1-2H3,(H,23,25). The highest BCUT2D eigenvalue weighted by molar-refractivity contribution is 6.01. The molecule has 0 spiro atoms. The van der Waals surface area contributed by atoms with E-state index in [0.717, 1.165) is 11.1 Å². The van der Waals surface area contributed by atoms with Crippen LogP contribution in [-0.2, 0) is 9.59 Å². The number of rotatable bonds is 5. The molecule has 2 aromatic carbocycles. The second-order valence-corrected chi connectivity index (χ2v) is 6.45. The monoisotopic (exact) mass is 351 g/mol. The van der Waals surface area contributed by atoms with Crippen molar-refractivity contribution in [3.63, 3.8) is 0 Å². The summed E-state index contributed by atoms with van der Waals surface area (Å²) in [6, 6.07) is 19.6. The van der Waals surface area contributed by atoms with Gasteiger partial charge in [-0.3, -0.25) is 15.0 Å². The van der Waals surface area contributed by atoms with E-state index in [9.17, 15) is 9.59 Å². The summed E-state index contributed by atoms with van der Waals surface area (Å²) in [5.74, 6) is -1.43. The minimum Gasteiger partial charge on any atom is -0.343 e. The molecule has 0 saturated carbocycles. The highest BCUT2D eigenvalue weighted by atomic mass is 16.2. The Labute approximate surface area is 154 Å². The van der Waals surface area contributed by atoms with Gasteiger partial charge in [0.05, 0.1) is 6.04 Å². The van der Waals surface area contributed by atoms with Gasteiger partial charge >= 0.3 is 0 Å². The minimum absolute atomic E-state index is 0.121. The Hall–Kier alpha value is -2.66. The topological polar surface area (TPSA) is 61.4 Å². The number of benzene rings is 2. The van der Waals surface area contributed by atoms with Gasteiger partial charge in [-0.2, -0.15) is 0 Å². The van der Waals surface area contributed by atoms with Gasteiger partial charge in [0.15, 0.2) is 0 Å². The number of carbonyl (C=O) groups is 2. The summed E-state index contributed by atoms with van der Waals surface area (Å²) in [4.78, 5) is 27.6. The third kappa shape index (κ3) is 3.48. The Morgan fingerprint density at radius 2 is 1.46 bits per heavy atom. The number of nitrogens with zero attached hydrogens (tertiary/aromatic N) is 1. The van der Waals surface area contributed by atoms with E-state index in [0.29, 0.717) is 13.1 Å². The average Bonchev–Trinajstić information content (AvgIpc) is 2.70. The summed E-state index contributed by atoms with van der Waals surface area (Å²) >= 11 is 0. The van der Waals surface area contributed by atoms with Gasteiger partial charge in [0.25, 0.3) is 0 Å². The van der Waals surface area contributed by atoms with Crippen molar-refractivity contribution < 1.29 is 9.59 Å². The largest absolute Gasteiger partial charge is 0.343 e. The van der Waals surface area contributed by atoms with Gasteiger partial charge in [-0.1, -0.05) is 60.7 Å². The molecule has 2 aromatic rings. The predicted molar refractivity (Wildman–Crippen MR) is 101 cm³/mol. The van der Waals surface area contributed by atoms with Gasteiger partial charge in [-0.25, -0.2) is 5.43 Å². The molecule has 0 aliphatic carbocycles. The SMILES string of the molecule is CCN(CC)C(=O)C1C(=O)NNC(c2ccccc2)C1c1ccccc1. The number of carbonyl (C=O) groups excluding carboxylic acids is 2. The number of hydrazine groups is 1. The van der Waals surface area contributed by atoms with Crippen molar-refractivity contribution in [1.82, 2.24) is 15.8 Å². The fraction of sp³-hybridized carbons (Fsp3) is 0.333. The maximum atomic E-state index is 13.2. The Kier molecular flexibility index (Phi) is 5.68. The Morgan fingerprint density at radius 3 is 2.00 bits per heavy atom. The molecule has 1 fully saturated rings. The molecule has 3 atom stereocenters. The predicted octanol–water partition coefficient (Wildman–Crippen LogP) is 2.63. The van der Waals surface area contributed by atoms with E-state index in [1.54, 1.807) is 4.90 Å². The average molecular weight is 351 g/mol. The molecule has 2 N–H and O–H groups in total. The van der Waals surface area contributed by atoms with Crippen molar-refractivity contribution >= 4 is 11.8 Å². The first-order chi connectivity index (χ1) is 12.7. The molecule has 26 heavy (non-hydrogen) atoms. The van der Waals surface area contributed by atoms with Crippen LogP contribution in [0.5, 0.6) is 0 Å². The van der Waals surface area contributed by atoms with Crippen LogP contribution < -0.4 is 10.9 Å². The quantitative estimate of drug-likeness (QED) is 0.814. The van der Waals surface area contributed by atoms with Crippen molar-refractivity contribution in [2.75, 3.05) is 13.1 Å². The summed E-state index contributed by atoms with van der Waals surface area (Å²) in [6.45, 7) is 5.05. The molecule has 3 unspecified atom stereocenters. The van der Waals surface area contributed by atoms with Crippen molar-refractivity contribution in [2.24, 2.45) is 5.92 Å².